The lowest BCUT2D eigenvalue weighted by Gasteiger charge is -2.21. The molecule has 1 aliphatic heterocycles. The van der Waals surface area contributed by atoms with Crippen molar-refractivity contribution >= 4 is 5.82 Å². The predicted molar refractivity (Wildman–Crippen MR) is 100 cm³/mol. The third kappa shape index (κ3) is 4.43. The van der Waals surface area contributed by atoms with Crippen LogP contribution in [0.15, 0.2) is 36.5 Å². The van der Waals surface area contributed by atoms with E-state index in [1.807, 2.05) is 11.0 Å². The number of aryl methyl sites for hydroxylation is 1. The number of pyridine rings is 1. The number of nitrogens with one attached hydrogen (secondary N) is 1. The molecule has 0 radical (unpaired) electrons. The van der Waals surface area contributed by atoms with Crippen molar-refractivity contribution in [3.05, 3.63) is 47.9 Å². The highest BCUT2D eigenvalue weighted by atomic mass is 19.1. The van der Waals surface area contributed by atoms with Gasteiger partial charge < -0.3 is 20.1 Å². The first-order valence-electron chi connectivity index (χ1n) is 9.04. The van der Waals surface area contributed by atoms with Crippen LogP contribution in [0.4, 0.5) is 10.2 Å². The van der Waals surface area contributed by atoms with Crippen molar-refractivity contribution in [2.45, 2.75) is 38.3 Å². The summed E-state index contributed by atoms with van der Waals surface area (Å²) in [7, 11) is 1.54. The summed E-state index contributed by atoms with van der Waals surface area (Å²) < 4.78 is 18.9. The van der Waals surface area contributed by atoms with Crippen LogP contribution in [0.1, 0.15) is 25.3 Å². The average molecular weight is 359 g/mol. The minimum atomic E-state index is -0.263. The zero-order valence-electron chi connectivity index (χ0n) is 15.3. The summed E-state index contributed by atoms with van der Waals surface area (Å²) in [6.07, 6.45) is 4.44. The Hall–Kier alpha value is -2.34. The van der Waals surface area contributed by atoms with Crippen LogP contribution in [0.3, 0.4) is 0 Å². The van der Waals surface area contributed by atoms with Crippen molar-refractivity contribution in [2.75, 3.05) is 25.1 Å². The molecule has 3 rings (SSSR count). The molecule has 2 N–H and O–H groups in total. The predicted octanol–water partition coefficient (Wildman–Crippen LogP) is 3.12. The maximum atomic E-state index is 13.9. The van der Waals surface area contributed by atoms with Crippen LogP contribution in [0.5, 0.6) is 11.5 Å². The number of methoxy groups -OCH3 is 1. The SMILES string of the molecule is COc1ccc(CC[C@@H](C)N[C@@H]2CCN(c3ncccc3F)C2)cc1O. The lowest BCUT2D eigenvalue weighted by Crippen LogP contribution is -2.39. The Balaban J connectivity index is 1.48. The van der Waals surface area contributed by atoms with Gasteiger partial charge in [-0.25, -0.2) is 9.37 Å². The van der Waals surface area contributed by atoms with Gasteiger partial charge in [-0.05, 0) is 56.0 Å². The van der Waals surface area contributed by atoms with Crippen LogP contribution in [-0.4, -0.2) is 42.4 Å². The highest BCUT2D eigenvalue weighted by molar-refractivity contribution is 5.42. The van der Waals surface area contributed by atoms with Crippen LogP contribution in [-0.2, 0) is 6.42 Å². The van der Waals surface area contributed by atoms with Crippen molar-refractivity contribution < 1.29 is 14.2 Å². The minimum Gasteiger partial charge on any atom is -0.504 e. The highest BCUT2D eigenvalue weighted by Gasteiger charge is 2.26. The van der Waals surface area contributed by atoms with E-state index in [2.05, 4.69) is 17.2 Å². The largest absolute Gasteiger partial charge is 0.504 e. The zero-order chi connectivity index (χ0) is 18.5. The number of aromatic nitrogens is 1. The van der Waals surface area contributed by atoms with Gasteiger partial charge in [-0.15, -0.1) is 0 Å². The topological polar surface area (TPSA) is 57.6 Å². The molecule has 1 fully saturated rings. The van der Waals surface area contributed by atoms with Gasteiger partial charge in [0.05, 0.1) is 7.11 Å². The van der Waals surface area contributed by atoms with E-state index in [1.54, 1.807) is 31.5 Å². The molecule has 0 saturated carbocycles. The molecule has 2 atom stereocenters. The summed E-state index contributed by atoms with van der Waals surface area (Å²) in [5.74, 6) is 0.848. The first-order valence-corrected chi connectivity index (χ1v) is 9.04. The number of ether oxygens (including phenoxy) is 1. The fourth-order valence-corrected chi connectivity index (χ4v) is 3.46. The second-order valence-corrected chi connectivity index (χ2v) is 6.85. The summed E-state index contributed by atoms with van der Waals surface area (Å²) >= 11 is 0. The number of phenols is 1. The minimum absolute atomic E-state index is 0.175. The molecule has 0 aliphatic carbocycles. The standard InChI is InChI=1S/C20H26FN3O2/c1-14(5-6-15-7-8-19(26-2)18(25)12-15)23-16-9-11-24(13-16)20-17(21)4-3-10-22-20/h3-4,7-8,10,12,14,16,23,25H,5-6,9,11,13H2,1-2H3/t14-,16-/m1/s1. The molecule has 0 unspecified atom stereocenters. The van der Waals surface area contributed by atoms with E-state index in [1.165, 1.54) is 6.07 Å². The number of rotatable bonds is 7. The van der Waals surface area contributed by atoms with Crippen molar-refractivity contribution in [1.29, 1.82) is 0 Å². The molecule has 1 aromatic carbocycles. The lowest BCUT2D eigenvalue weighted by molar-refractivity contribution is 0.373. The Bertz CT molecular complexity index is 741. The molecule has 0 spiro atoms. The quantitative estimate of drug-likeness (QED) is 0.795. The van der Waals surface area contributed by atoms with E-state index >= 15 is 0 Å². The van der Waals surface area contributed by atoms with Gasteiger partial charge in [-0.1, -0.05) is 6.07 Å². The molecule has 0 bridgehead atoms. The Labute approximate surface area is 153 Å². The summed E-state index contributed by atoms with van der Waals surface area (Å²) in [5.41, 5.74) is 1.08. The van der Waals surface area contributed by atoms with Crippen molar-refractivity contribution in [1.82, 2.24) is 10.3 Å². The second kappa shape index (κ2) is 8.36. The van der Waals surface area contributed by atoms with Crippen molar-refractivity contribution in [3.63, 3.8) is 0 Å². The number of aromatic hydroxyl groups is 1. The Kier molecular flexibility index (Phi) is 5.93. The monoisotopic (exact) mass is 359 g/mol. The van der Waals surface area contributed by atoms with Gasteiger partial charge in [0.1, 0.15) is 0 Å². The van der Waals surface area contributed by atoms with Crippen molar-refractivity contribution in [2.24, 2.45) is 0 Å². The number of hydrogen-bond acceptors (Lipinski definition) is 5. The molecular formula is C20H26FN3O2. The molecule has 5 nitrogen and oxygen atoms in total. The Morgan fingerprint density at radius 3 is 3.00 bits per heavy atom. The summed E-state index contributed by atoms with van der Waals surface area (Å²) in [6, 6.07) is 9.26. The molecule has 140 valence electrons. The van der Waals surface area contributed by atoms with Crippen LogP contribution >= 0.6 is 0 Å². The van der Waals surface area contributed by atoms with Crippen LogP contribution in [0, 0.1) is 5.82 Å². The van der Waals surface area contributed by atoms with Crippen LogP contribution < -0.4 is 15.0 Å². The van der Waals surface area contributed by atoms with E-state index in [0.717, 1.165) is 37.9 Å². The maximum absolute atomic E-state index is 13.9. The van der Waals surface area contributed by atoms with E-state index in [4.69, 9.17) is 4.74 Å². The summed E-state index contributed by atoms with van der Waals surface area (Å²) in [6.45, 7) is 3.74. The fourth-order valence-electron chi connectivity index (χ4n) is 3.46. The normalized spacial score (nSPS) is 18.1. The molecule has 2 aromatic rings. The van der Waals surface area contributed by atoms with Gasteiger partial charge >= 0.3 is 0 Å². The van der Waals surface area contributed by atoms with Gasteiger partial charge in [-0.3, -0.25) is 0 Å². The molecule has 0 amide bonds. The van der Waals surface area contributed by atoms with Gasteiger partial charge in [-0.2, -0.15) is 0 Å². The Morgan fingerprint density at radius 2 is 2.27 bits per heavy atom. The van der Waals surface area contributed by atoms with E-state index < -0.39 is 0 Å². The number of benzene rings is 1. The summed E-state index contributed by atoms with van der Waals surface area (Å²) in [5, 5.41) is 13.5. The second-order valence-electron chi connectivity index (χ2n) is 6.85. The number of nitrogens with zero attached hydrogens (tertiary/aromatic N) is 2. The van der Waals surface area contributed by atoms with E-state index in [9.17, 15) is 9.50 Å². The zero-order valence-corrected chi connectivity index (χ0v) is 15.3. The van der Waals surface area contributed by atoms with Gasteiger partial charge in [0.25, 0.3) is 0 Å². The molecule has 2 heterocycles. The van der Waals surface area contributed by atoms with E-state index in [0.29, 0.717) is 23.7 Å². The number of halogens is 1. The number of hydrogen-bond donors (Lipinski definition) is 2. The number of anilines is 1. The molecule has 26 heavy (non-hydrogen) atoms. The molecule has 1 aliphatic rings. The molecule has 6 heteroatoms. The number of phenolic OH excluding ortho intramolecular Hbond substituents is 1. The third-order valence-corrected chi connectivity index (χ3v) is 4.86. The van der Waals surface area contributed by atoms with E-state index in [-0.39, 0.29) is 11.6 Å². The van der Waals surface area contributed by atoms with Crippen molar-refractivity contribution in [3.8, 4) is 11.5 Å². The van der Waals surface area contributed by atoms with Crippen LogP contribution in [0.25, 0.3) is 0 Å². The lowest BCUT2D eigenvalue weighted by atomic mass is 10.0. The smallest absolute Gasteiger partial charge is 0.165 e. The average Bonchev–Trinajstić information content (AvgIpc) is 3.08. The molecule has 1 aromatic heterocycles. The summed E-state index contributed by atoms with van der Waals surface area (Å²) in [4.78, 5) is 6.16. The third-order valence-electron chi connectivity index (χ3n) is 4.86. The molecular weight excluding hydrogens is 333 g/mol. The maximum Gasteiger partial charge on any atom is 0.165 e. The Morgan fingerprint density at radius 1 is 1.42 bits per heavy atom. The fraction of sp³-hybridized carbons (Fsp3) is 0.450. The first kappa shape index (κ1) is 18.5. The highest BCUT2D eigenvalue weighted by Crippen LogP contribution is 2.27. The van der Waals surface area contributed by atoms with Gasteiger partial charge in [0.15, 0.2) is 23.1 Å². The van der Waals surface area contributed by atoms with Crippen LogP contribution in [0.2, 0.25) is 0 Å². The molecule has 1 saturated heterocycles. The van der Waals surface area contributed by atoms with Gasteiger partial charge in [0.2, 0.25) is 0 Å². The first-order chi connectivity index (χ1) is 12.6. The van der Waals surface area contributed by atoms with Gasteiger partial charge in [0, 0.05) is 31.4 Å².